The van der Waals surface area contributed by atoms with E-state index >= 15 is 0 Å². The highest BCUT2D eigenvalue weighted by Crippen LogP contribution is 2.16. The fourth-order valence-electron chi connectivity index (χ4n) is 1.21. The van der Waals surface area contributed by atoms with Gasteiger partial charge in [-0.15, -0.1) is 0 Å². The van der Waals surface area contributed by atoms with Crippen molar-refractivity contribution in [2.45, 2.75) is 6.42 Å². The van der Waals surface area contributed by atoms with Crippen LogP contribution in [0.3, 0.4) is 0 Å². The van der Waals surface area contributed by atoms with Crippen LogP contribution >= 0.6 is 0 Å². The maximum atomic E-state index is 11.0. The Balaban J connectivity index is 2.68. The van der Waals surface area contributed by atoms with E-state index in [-0.39, 0.29) is 19.0 Å². The van der Waals surface area contributed by atoms with Crippen molar-refractivity contribution in [2.75, 3.05) is 25.2 Å². The summed E-state index contributed by atoms with van der Waals surface area (Å²) in [5.41, 5.74) is 0.694. The number of ether oxygens (including phenoxy) is 1. The number of para-hydroxylation sites is 1. The van der Waals surface area contributed by atoms with E-state index in [9.17, 15) is 8.42 Å². The molecule has 1 aromatic carbocycles. The summed E-state index contributed by atoms with van der Waals surface area (Å²) >= 11 is 0. The topological polar surface area (TPSA) is 63.6 Å². The van der Waals surface area contributed by atoms with Gasteiger partial charge < -0.3 is 9.84 Å². The van der Waals surface area contributed by atoms with Gasteiger partial charge in [-0.05, 0) is 12.1 Å². The molecule has 0 unspecified atom stereocenters. The molecule has 0 heterocycles. The van der Waals surface area contributed by atoms with Crippen LogP contribution in [0.4, 0.5) is 0 Å². The van der Waals surface area contributed by atoms with Crippen LogP contribution in [0.2, 0.25) is 0 Å². The van der Waals surface area contributed by atoms with Gasteiger partial charge >= 0.3 is 0 Å². The van der Waals surface area contributed by atoms with Crippen molar-refractivity contribution < 1.29 is 18.3 Å². The molecule has 18 heavy (non-hydrogen) atoms. The number of benzene rings is 1. The minimum absolute atomic E-state index is 0.0180. The van der Waals surface area contributed by atoms with Crippen molar-refractivity contribution in [2.24, 2.45) is 0 Å². The summed E-state index contributed by atoms with van der Waals surface area (Å²) in [6.07, 6.45) is 1.57. The van der Waals surface area contributed by atoms with E-state index in [0.717, 1.165) is 0 Å². The Morgan fingerprint density at radius 3 is 2.72 bits per heavy atom. The zero-order valence-corrected chi connectivity index (χ0v) is 11.0. The number of hydrogen-bond acceptors (Lipinski definition) is 4. The van der Waals surface area contributed by atoms with Gasteiger partial charge in [0.05, 0.1) is 17.9 Å². The molecule has 0 aliphatic rings. The predicted molar refractivity (Wildman–Crippen MR) is 70.2 cm³/mol. The van der Waals surface area contributed by atoms with Gasteiger partial charge in [0.1, 0.15) is 12.4 Å². The summed E-state index contributed by atoms with van der Waals surface area (Å²) in [5.74, 6) is 6.22. The smallest absolute Gasteiger partial charge is 0.150 e. The average molecular weight is 268 g/mol. The summed E-state index contributed by atoms with van der Waals surface area (Å²) < 4.78 is 27.4. The van der Waals surface area contributed by atoms with Gasteiger partial charge in [0.2, 0.25) is 0 Å². The lowest BCUT2D eigenvalue weighted by Gasteiger charge is -2.07. The molecule has 0 aliphatic heterocycles. The van der Waals surface area contributed by atoms with Crippen molar-refractivity contribution >= 4 is 9.84 Å². The van der Waals surface area contributed by atoms with Crippen molar-refractivity contribution in [3.8, 4) is 17.6 Å². The van der Waals surface area contributed by atoms with E-state index in [2.05, 4.69) is 11.8 Å². The second-order valence-electron chi connectivity index (χ2n) is 3.75. The lowest BCUT2D eigenvalue weighted by atomic mass is 10.2. The van der Waals surface area contributed by atoms with E-state index in [1.165, 1.54) is 6.26 Å². The molecule has 1 rings (SSSR count). The fraction of sp³-hybridized carbons (Fsp3) is 0.385. The zero-order chi connectivity index (χ0) is 13.4. The molecule has 0 amide bonds. The van der Waals surface area contributed by atoms with Crippen LogP contribution in [0.15, 0.2) is 24.3 Å². The number of hydrogen-bond donors (Lipinski definition) is 1. The highest BCUT2D eigenvalue weighted by molar-refractivity contribution is 7.90. The van der Waals surface area contributed by atoms with E-state index in [1.54, 1.807) is 18.2 Å². The average Bonchev–Trinajstić information content (AvgIpc) is 2.30. The molecule has 1 aromatic rings. The first-order valence-electron chi connectivity index (χ1n) is 5.52. The quantitative estimate of drug-likeness (QED) is 0.804. The van der Waals surface area contributed by atoms with Crippen molar-refractivity contribution in [1.29, 1.82) is 0 Å². The third kappa shape index (κ3) is 5.71. The molecular formula is C13H16O4S. The molecule has 1 N–H and O–H groups in total. The Morgan fingerprint density at radius 2 is 2.06 bits per heavy atom. The Bertz CT molecular complexity index is 538. The maximum Gasteiger partial charge on any atom is 0.150 e. The molecule has 0 fully saturated rings. The molecule has 5 heteroatoms. The van der Waals surface area contributed by atoms with Gasteiger partial charge in [0, 0.05) is 12.7 Å². The molecule has 0 aromatic heterocycles. The van der Waals surface area contributed by atoms with Crippen LogP contribution in [0.25, 0.3) is 0 Å². The van der Waals surface area contributed by atoms with E-state index < -0.39 is 9.84 Å². The second kappa shape index (κ2) is 7.04. The largest absolute Gasteiger partial charge is 0.491 e. The summed E-state index contributed by atoms with van der Waals surface area (Å²) in [5, 5.41) is 8.64. The van der Waals surface area contributed by atoms with Gasteiger partial charge in [-0.3, -0.25) is 0 Å². The summed E-state index contributed by atoms with van der Waals surface area (Å²) in [4.78, 5) is 0. The highest BCUT2D eigenvalue weighted by Gasteiger charge is 2.04. The Hall–Kier alpha value is -1.51. The van der Waals surface area contributed by atoms with E-state index in [1.807, 2.05) is 6.07 Å². The summed E-state index contributed by atoms with van der Waals surface area (Å²) in [7, 11) is -3.02. The van der Waals surface area contributed by atoms with Crippen LogP contribution in [0.1, 0.15) is 12.0 Å². The molecule has 0 bridgehead atoms. The predicted octanol–water partition coefficient (Wildman–Crippen LogP) is 0.844. The normalized spacial score (nSPS) is 10.6. The molecule has 0 saturated carbocycles. The van der Waals surface area contributed by atoms with Crippen molar-refractivity contribution in [1.82, 2.24) is 0 Å². The second-order valence-corrected chi connectivity index (χ2v) is 6.01. The molecule has 0 radical (unpaired) electrons. The van der Waals surface area contributed by atoms with Gasteiger partial charge in [-0.1, -0.05) is 24.0 Å². The first-order valence-corrected chi connectivity index (χ1v) is 7.58. The van der Waals surface area contributed by atoms with Crippen molar-refractivity contribution in [3.63, 3.8) is 0 Å². The molecular weight excluding hydrogens is 252 g/mol. The molecule has 0 saturated heterocycles. The van der Waals surface area contributed by atoms with E-state index in [4.69, 9.17) is 9.84 Å². The number of rotatable bonds is 5. The SMILES string of the molecule is CS(=O)(=O)CCOc1ccccc1C#CCCO. The van der Waals surface area contributed by atoms with Gasteiger partial charge in [-0.25, -0.2) is 8.42 Å². The van der Waals surface area contributed by atoms with Crippen LogP contribution in [0.5, 0.6) is 5.75 Å². The molecule has 0 spiro atoms. The minimum atomic E-state index is -3.02. The molecule has 0 atom stereocenters. The molecule has 0 aliphatic carbocycles. The van der Waals surface area contributed by atoms with Gasteiger partial charge in [0.25, 0.3) is 0 Å². The Labute approximate surface area is 108 Å². The van der Waals surface area contributed by atoms with Gasteiger partial charge in [0.15, 0.2) is 9.84 Å². The summed E-state index contributed by atoms with van der Waals surface area (Å²) in [6.45, 7) is 0.127. The van der Waals surface area contributed by atoms with Crippen LogP contribution in [-0.2, 0) is 9.84 Å². The van der Waals surface area contributed by atoms with Crippen LogP contribution in [-0.4, -0.2) is 38.7 Å². The maximum absolute atomic E-state index is 11.0. The number of aliphatic hydroxyl groups excluding tert-OH is 1. The van der Waals surface area contributed by atoms with Crippen LogP contribution in [0, 0.1) is 11.8 Å². The van der Waals surface area contributed by atoms with Crippen molar-refractivity contribution in [3.05, 3.63) is 29.8 Å². The number of sulfone groups is 1. The van der Waals surface area contributed by atoms with E-state index in [0.29, 0.717) is 17.7 Å². The standard InChI is InChI=1S/C13H16O4S/c1-18(15,16)11-10-17-13-8-3-2-6-12(13)7-4-5-9-14/h2-3,6,8,14H,5,9-11H2,1H3. The fourth-order valence-corrected chi connectivity index (χ4v) is 1.60. The Morgan fingerprint density at radius 1 is 1.33 bits per heavy atom. The first-order chi connectivity index (χ1) is 8.53. The van der Waals surface area contributed by atoms with Gasteiger partial charge in [-0.2, -0.15) is 0 Å². The molecule has 4 nitrogen and oxygen atoms in total. The van der Waals surface area contributed by atoms with Crippen LogP contribution < -0.4 is 4.74 Å². The lowest BCUT2D eigenvalue weighted by molar-refractivity contribution is 0.305. The lowest BCUT2D eigenvalue weighted by Crippen LogP contribution is -2.12. The molecule has 98 valence electrons. The number of aliphatic hydroxyl groups is 1. The Kier molecular flexibility index (Phi) is 5.69. The third-order valence-electron chi connectivity index (χ3n) is 2.06. The minimum Gasteiger partial charge on any atom is -0.491 e. The zero-order valence-electron chi connectivity index (χ0n) is 10.2. The monoisotopic (exact) mass is 268 g/mol. The highest BCUT2D eigenvalue weighted by atomic mass is 32.2. The third-order valence-corrected chi connectivity index (χ3v) is 2.97. The summed E-state index contributed by atoms with van der Waals surface area (Å²) in [6, 6.07) is 7.16. The first kappa shape index (κ1) is 14.6.